The number of rotatable bonds is 4. The predicted molar refractivity (Wildman–Crippen MR) is 110 cm³/mol. The van der Waals surface area contributed by atoms with Crippen molar-refractivity contribution < 1.29 is 8.78 Å². The predicted octanol–water partition coefficient (Wildman–Crippen LogP) is 4.12. The van der Waals surface area contributed by atoms with Crippen LogP contribution in [-0.4, -0.2) is 14.1 Å². The van der Waals surface area contributed by atoms with Crippen molar-refractivity contribution in [1.82, 2.24) is 14.1 Å². The van der Waals surface area contributed by atoms with E-state index >= 15 is 0 Å². The van der Waals surface area contributed by atoms with Crippen molar-refractivity contribution in [2.24, 2.45) is 0 Å². The molecule has 0 aliphatic heterocycles. The molecule has 0 aliphatic carbocycles. The summed E-state index contributed by atoms with van der Waals surface area (Å²) in [5.41, 5.74) is -0.437. The number of aryl methyl sites for hydroxylation is 1. The first-order valence-electron chi connectivity index (χ1n) is 8.64. The number of fused-ring (bicyclic) bond motifs is 1. The van der Waals surface area contributed by atoms with Crippen molar-refractivity contribution in [2.75, 3.05) is 0 Å². The summed E-state index contributed by atoms with van der Waals surface area (Å²) in [4.78, 5) is 30.5. The monoisotopic (exact) mass is 444 g/mol. The smallest absolute Gasteiger partial charge is 0.291 e. The molecule has 0 amide bonds. The van der Waals surface area contributed by atoms with Crippen molar-refractivity contribution in [3.8, 4) is 22.2 Å². The Kier molecular flexibility index (Phi) is 5.20. The van der Waals surface area contributed by atoms with Gasteiger partial charge in [0.05, 0.1) is 34.9 Å². The molecule has 3 heterocycles. The molecule has 6 nitrogen and oxygen atoms in total. The third-order valence-corrected chi connectivity index (χ3v) is 5.91. The number of aromatic nitrogens is 3. The number of benzene rings is 1. The molecule has 0 N–H and O–H groups in total. The van der Waals surface area contributed by atoms with Gasteiger partial charge in [0.15, 0.2) is 11.6 Å². The molecule has 0 bridgehead atoms. The molecule has 150 valence electrons. The second kappa shape index (κ2) is 7.82. The molecule has 0 aliphatic rings. The van der Waals surface area contributed by atoms with Gasteiger partial charge in [-0.1, -0.05) is 11.6 Å². The molecular weight excluding hydrogens is 434 g/mol. The normalized spacial score (nSPS) is 11.0. The first kappa shape index (κ1) is 19.9. The van der Waals surface area contributed by atoms with Crippen molar-refractivity contribution in [3.63, 3.8) is 0 Å². The second-order valence-corrected chi connectivity index (χ2v) is 7.72. The van der Waals surface area contributed by atoms with Crippen LogP contribution in [0, 0.1) is 23.0 Å². The van der Waals surface area contributed by atoms with Gasteiger partial charge in [0.1, 0.15) is 4.70 Å². The standard InChI is InChI=1S/C20H11ClF2N4O2S/c21-13-8-15(23)14(22)7-12(13)17-9-16-18(30-17)19(28)27(11-3-1-5-25-10-11)20(29)26(16)6-2-4-24/h1,3,5,7-10H,2,6H2. The van der Waals surface area contributed by atoms with Crippen LogP contribution in [0.15, 0.2) is 52.3 Å². The fraction of sp³-hybridized carbons (Fsp3) is 0.100. The topological polar surface area (TPSA) is 80.7 Å². The van der Waals surface area contributed by atoms with Gasteiger partial charge in [-0.3, -0.25) is 14.3 Å². The van der Waals surface area contributed by atoms with E-state index in [4.69, 9.17) is 16.9 Å². The maximum absolute atomic E-state index is 13.8. The maximum atomic E-state index is 13.8. The molecule has 3 aromatic heterocycles. The van der Waals surface area contributed by atoms with Gasteiger partial charge in [0.2, 0.25) is 0 Å². The van der Waals surface area contributed by atoms with Crippen LogP contribution in [0.3, 0.4) is 0 Å². The number of hydrogen-bond acceptors (Lipinski definition) is 5. The molecule has 0 saturated heterocycles. The Morgan fingerprint density at radius 2 is 1.97 bits per heavy atom. The van der Waals surface area contributed by atoms with Gasteiger partial charge >= 0.3 is 5.69 Å². The lowest BCUT2D eigenvalue weighted by Gasteiger charge is -2.10. The summed E-state index contributed by atoms with van der Waals surface area (Å²) in [6, 6.07) is 8.45. The first-order chi connectivity index (χ1) is 14.4. The first-order valence-corrected chi connectivity index (χ1v) is 9.83. The molecule has 1 aromatic carbocycles. The zero-order valence-electron chi connectivity index (χ0n) is 15.1. The number of pyridine rings is 1. The van der Waals surface area contributed by atoms with Crippen LogP contribution in [0.5, 0.6) is 0 Å². The fourth-order valence-corrected chi connectivity index (χ4v) is 4.51. The van der Waals surface area contributed by atoms with E-state index in [0.29, 0.717) is 10.4 Å². The number of nitrogens with zero attached hydrogens (tertiary/aromatic N) is 4. The van der Waals surface area contributed by atoms with Gasteiger partial charge in [-0.2, -0.15) is 5.26 Å². The van der Waals surface area contributed by atoms with Crippen LogP contribution >= 0.6 is 22.9 Å². The Hall–Kier alpha value is -3.35. The van der Waals surface area contributed by atoms with Crippen LogP contribution in [0.2, 0.25) is 5.02 Å². The van der Waals surface area contributed by atoms with E-state index in [1.165, 1.54) is 23.0 Å². The van der Waals surface area contributed by atoms with Crippen LogP contribution in [0.1, 0.15) is 6.42 Å². The number of halogens is 3. The fourth-order valence-electron chi connectivity index (χ4n) is 3.08. The zero-order chi connectivity index (χ0) is 21.4. The van der Waals surface area contributed by atoms with E-state index in [-0.39, 0.29) is 33.9 Å². The average Bonchev–Trinajstić information content (AvgIpc) is 3.17. The summed E-state index contributed by atoms with van der Waals surface area (Å²) in [7, 11) is 0. The highest BCUT2D eigenvalue weighted by Crippen LogP contribution is 2.36. The number of hydrogen-bond donors (Lipinski definition) is 0. The minimum Gasteiger partial charge on any atom is -0.291 e. The third kappa shape index (κ3) is 3.30. The lowest BCUT2D eigenvalue weighted by Crippen LogP contribution is -2.38. The second-order valence-electron chi connectivity index (χ2n) is 6.27. The molecule has 0 atom stereocenters. The summed E-state index contributed by atoms with van der Waals surface area (Å²) in [6.45, 7) is 0.0497. The minimum atomic E-state index is -1.09. The highest BCUT2D eigenvalue weighted by molar-refractivity contribution is 7.22. The molecule has 0 unspecified atom stereocenters. The maximum Gasteiger partial charge on any atom is 0.336 e. The van der Waals surface area contributed by atoms with Crippen LogP contribution in [0.25, 0.3) is 26.3 Å². The molecule has 0 spiro atoms. The van der Waals surface area contributed by atoms with Crippen molar-refractivity contribution in [1.29, 1.82) is 5.26 Å². The molecule has 10 heteroatoms. The summed E-state index contributed by atoms with van der Waals surface area (Å²) in [6.07, 6.45) is 2.93. The van der Waals surface area contributed by atoms with Gasteiger partial charge < -0.3 is 0 Å². The highest BCUT2D eigenvalue weighted by Gasteiger charge is 2.20. The van der Waals surface area contributed by atoms with E-state index in [1.54, 1.807) is 12.1 Å². The summed E-state index contributed by atoms with van der Waals surface area (Å²) in [5.74, 6) is -2.17. The van der Waals surface area contributed by atoms with Gasteiger partial charge in [0.25, 0.3) is 5.56 Å². The molecule has 0 fully saturated rings. The van der Waals surface area contributed by atoms with Crippen molar-refractivity contribution in [2.45, 2.75) is 13.0 Å². The summed E-state index contributed by atoms with van der Waals surface area (Å²) >= 11 is 7.08. The number of nitriles is 1. The largest absolute Gasteiger partial charge is 0.336 e. The summed E-state index contributed by atoms with van der Waals surface area (Å²) in [5, 5.41) is 8.94. The number of thiophene rings is 1. The molecule has 0 radical (unpaired) electrons. The average molecular weight is 445 g/mol. The van der Waals surface area contributed by atoms with Gasteiger partial charge in [-0.05, 0) is 30.3 Å². The zero-order valence-corrected chi connectivity index (χ0v) is 16.7. The molecule has 4 rings (SSSR count). The van der Waals surface area contributed by atoms with E-state index in [1.807, 2.05) is 6.07 Å². The van der Waals surface area contributed by atoms with E-state index in [0.717, 1.165) is 28.0 Å². The van der Waals surface area contributed by atoms with E-state index < -0.39 is 22.9 Å². The summed E-state index contributed by atoms with van der Waals surface area (Å²) < 4.78 is 29.7. The third-order valence-electron chi connectivity index (χ3n) is 4.45. The van der Waals surface area contributed by atoms with Crippen LogP contribution in [-0.2, 0) is 6.54 Å². The van der Waals surface area contributed by atoms with Crippen LogP contribution < -0.4 is 11.2 Å². The Bertz CT molecular complexity index is 1440. The van der Waals surface area contributed by atoms with Gasteiger partial charge in [-0.25, -0.2) is 18.1 Å². The molecular formula is C20H11ClF2N4O2S. The van der Waals surface area contributed by atoms with Gasteiger partial charge in [0, 0.05) is 23.2 Å². The Morgan fingerprint density at radius 3 is 2.67 bits per heavy atom. The quantitative estimate of drug-likeness (QED) is 0.443. The SMILES string of the molecule is N#CCCn1c(=O)n(-c2cccnc2)c(=O)c2sc(-c3cc(F)c(F)cc3Cl)cc21. The Balaban J connectivity index is 2.05. The minimum absolute atomic E-state index is 0.0287. The Labute approximate surface area is 176 Å². The van der Waals surface area contributed by atoms with Crippen LogP contribution in [0.4, 0.5) is 8.78 Å². The lowest BCUT2D eigenvalue weighted by molar-refractivity contribution is 0.509. The molecule has 4 aromatic rings. The van der Waals surface area contributed by atoms with Gasteiger partial charge in [-0.15, -0.1) is 11.3 Å². The highest BCUT2D eigenvalue weighted by atomic mass is 35.5. The molecule has 0 saturated carbocycles. The van der Waals surface area contributed by atoms with Crippen molar-refractivity contribution in [3.05, 3.63) is 80.2 Å². The van der Waals surface area contributed by atoms with Crippen molar-refractivity contribution >= 4 is 33.2 Å². The molecule has 30 heavy (non-hydrogen) atoms. The van der Waals surface area contributed by atoms with E-state index in [2.05, 4.69) is 4.98 Å². The van der Waals surface area contributed by atoms with E-state index in [9.17, 15) is 18.4 Å². The lowest BCUT2D eigenvalue weighted by atomic mass is 10.1. The Morgan fingerprint density at radius 1 is 1.20 bits per heavy atom.